The average molecular weight is 260 g/mol. The summed E-state index contributed by atoms with van der Waals surface area (Å²) in [6.07, 6.45) is 0. The van der Waals surface area contributed by atoms with E-state index in [-0.39, 0.29) is 10.6 Å². The number of sulfone groups is 1. The van der Waals surface area contributed by atoms with Gasteiger partial charge in [-0.05, 0) is 12.1 Å². The van der Waals surface area contributed by atoms with Crippen LogP contribution in [0.2, 0.25) is 0 Å². The molecule has 9 heteroatoms. The summed E-state index contributed by atoms with van der Waals surface area (Å²) in [6.45, 7) is 0. The van der Waals surface area contributed by atoms with E-state index in [0.29, 0.717) is 0 Å². The summed E-state index contributed by atoms with van der Waals surface area (Å²) in [5.41, 5.74) is 4.70. The normalized spacial score (nSPS) is 13.0. The largest absolute Gasteiger partial charge is 0.479 e. The number of carbonyl (C=O) groups is 1. The first-order chi connectivity index (χ1) is 7.76. The molecule has 1 unspecified atom stereocenters. The Morgan fingerprint density at radius 2 is 1.82 bits per heavy atom. The molecule has 0 bridgehead atoms. The van der Waals surface area contributed by atoms with E-state index >= 15 is 0 Å². The number of benzene rings is 1. The van der Waals surface area contributed by atoms with Gasteiger partial charge < -0.3 is 10.8 Å². The lowest BCUT2D eigenvalue weighted by molar-refractivity contribution is -0.384. The number of nitro benzene ring substituents is 1. The second kappa shape index (κ2) is 4.47. The van der Waals surface area contributed by atoms with Crippen molar-refractivity contribution in [2.24, 2.45) is 5.73 Å². The van der Waals surface area contributed by atoms with Crippen molar-refractivity contribution in [1.29, 1.82) is 0 Å². The van der Waals surface area contributed by atoms with Crippen LogP contribution in [-0.4, -0.2) is 29.8 Å². The number of nitrogens with two attached hydrogens (primary N) is 1. The van der Waals surface area contributed by atoms with Gasteiger partial charge in [0.05, 0.1) is 9.82 Å². The third-order valence-corrected chi connectivity index (χ3v) is 3.75. The number of non-ortho nitro benzene ring substituents is 1. The summed E-state index contributed by atoms with van der Waals surface area (Å²) in [4.78, 5) is 19.7. The Hall–Kier alpha value is -2.00. The Morgan fingerprint density at radius 1 is 1.35 bits per heavy atom. The van der Waals surface area contributed by atoms with Gasteiger partial charge in [0.25, 0.3) is 5.69 Å². The number of carboxylic acid groups (broad SMARTS) is 1. The zero-order chi connectivity index (χ0) is 13.2. The van der Waals surface area contributed by atoms with Crippen LogP contribution in [0.15, 0.2) is 29.2 Å². The van der Waals surface area contributed by atoms with Crippen LogP contribution in [0.3, 0.4) is 0 Å². The van der Waals surface area contributed by atoms with Crippen molar-refractivity contribution < 1.29 is 23.2 Å². The molecule has 17 heavy (non-hydrogen) atoms. The van der Waals surface area contributed by atoms with Crippen LogP contribution >= 0.6 is 0 Å². The molecule has 8 nitrogen and oxygen atoms in total. The van der Waals surface area contributed by atoms with Crippen LogP contribution in [0.25, 0.3) is 0 Å². The molecule has 92 valence electrons. The van der Waals surface area contributed by atoms with E-state index in [2.05, 4.69) is 0 Å². The second-order valence-corrected chi connectivity index (χ2v) is 5.12. The maximum absolute atomic E-state index is 11.6. The maximum atomic E-state index is 11.6. The van der Waals surface area contributed by atoms with E-state index in [1.807, 2.05) is 0 Å². The van der Waals surface area contributed by atoms with Crippen molar-refractivity contribution in [3.63, 3.8) is 0 Å². The highest BCUT2D eigenvalue weighted by molar-refractivity contribution is 7.92. The molecule has 0 saturated heterocycles. The van der Waals surface area contributed by atoms with Crippen molar-refractivity contribution in [3.05, 3.63) is 34.4 Å². The number of aliphatic carboxylic acids is 1. The zero-order valence-electron chi connectivity index (χ0n) is 8.31. The molecular formula is C8H8N2O6S. The van der Waals surface area contributed by atoms with Crippen LogP contribution in [-0.2, 0) is 14.6 Å². The molecular weight excluding hydrogens is 252 g/mol. The molecule has 1 rings (SSSR count). The first kappa shape index (κ1) is 13.1. The van der Waals surface area contributed by atoms with Crippen molar-refractivity contribution in [2.75, 3.05) is 0 Å². The Balaban J connectivity index is 3.17. The van der Waals surface area contributed by atoms with Gasteiger partial charge in [0, 0.05) is 12.1 Å². The van der Waals surface area contributed by atoms with Crippen molar-refractivity contribution in [3.8, 4) is 0 Å². The van der Waals surface area contributed by atoms with Gasteiger partial charge >= 0.3 is 5.97 Å². The molecule has 0 aliphatic rings. The smallest absolute Gasteiger partial charge is 0.336 e. The van der Waals surface area contributed by atoms with Crippen molar-refractivity contribution in [2.45, 2.75) is 10.3 Å². The summed E-state index contributed by atoms with van der Waals surface area (Å²) < 4.78 is 23.2. The Labute approximate surface area is 95.7 Å². The quantitative estimate of drug-likeness (QED) is 0.561. The fourth-order valence-corrected chi connectivity index (χ4v) is 2.11. The average Bonchev–Trinajstić information content (AvgIpc) is 2.27. The molecule has 1 atom stereocenters. The summed E-state index contributed by atoms with van der Waals surface area (Å²) in [6, 6.07) is 3.80. The van der Waals surface area contributed by atoms with Crippen LogP contribution in [0, 0.1) is 10.1 Å². The minimum Gasteiger partial charge on any atom is -0.479 e. The van der Waals surface area contributed by atoms with E-state index < -0.39 is 26.1 Å². The summed E-state index contributed by atoms with van der Waals surface area (Å²) in [7, 11) is -4.23. The van der Waals surface area contributed by atoms with Gasteiger partial charge in [0.1, 0.15) is 0 Å². The van der Waals surface area contributed by atoms with E-state index in [1.165, 1.54) is 0 Å². The molecule has 0 aliphatic carbocycles. The highest BCUT2D eigenvalue weighted by atomic mass is 32.2. The Morgan fingerprint density at radius 3 is 2.18 bits per heavy atom. The van der Waals surface area contributed by atoms with Gasteiger partial charge in [0.2, 0.25) is 15.2 Å². The second-order valence-electron chi connectivity index (χ2n) is 3.05. The molecule has 0 aromatic heterocycles. The predicted molar refractivity (Wildman–Crippen MR) is 55.9 cm³/mol. The molecule has 1 aromatic carbocycles. The minimum absolute atomic E-state index is 0.298. The topological polar surface area (TPSA) is 141 Å². The summed E-state index contributed by atoms with van der Waals surface area (Å²) in [5, 5.41) is 16.8. The van der Waals surface area contributed by atoms with Gasteiger partial charge in [-0.1, -0.05) is 0 Å². The van der Waals surface area contributed by atoms with Crippen LogP contribution in [0.1, 0.15) is 0 Å². The standard InChI is InChI=1S/C8H8N2O6S/c9-7(8(11)12)17(15,16)6-3-1-5(2-4-6)10(13)14/h1-4,7H,9H2,(H,11,12). The molecule has 3 N–H and O–H groups in total. The van der Waals surface area contributed by atoms with Crippen molar-refractivity contribution >= 4 is 21.5 Å². The Kier molecular flexibility index (Phi) is 3.44. The predicted octanol–water partition coefficient (Wildman–Crippen LogP) is -0.262. The molecule has 0 amide bonds. The van der Waals surface area contributed by atoms with Crippen molar-refractivity contribution in [1.82, 2.24) is 0 Å². The number of hydrogen-bond acceptors (Lipinski definition) is 6. The first-order valence-corrected chi connectivity index (χ1v) is 5.78. The molecule has 0 heterocycles. The number of nitro groups is 1. The van der Waals surface area contributed by atoms with Gasteiger partial charge in [-0.3, -0.25) is 10.1 Å². The van der Waals surface area contributed by atoms with Gasteiger partial charge in [-0.2, -0.15) is 0 Å². The van der Waals surface area contributed by atoms with Crippen LogP contribution in [0.4, 0.5) is 5.69 Å². The summed E-state index contributed by atoms with van der Waals surface area (Å²) >= 11 is 0. The molecule has 1 aromatic rings. The number of hydrogen-bond donors (Lipinski definition) is 2. The van der Waals surface area contributed by atoms with Gasteiger partial charge in [0.15, 0.2) is 0 Å². The monoisotopic (exact) mass is 260 g/mol. The molecule has 0 radical (unpaired) electrons. The van der Waals surface area contributed by atoms with E-state index in [0.717, 1.165) is 24.3 Å². The van der Waals surface area contributed by atoms with Crippen LogP contribution in [0.5, 0.6) is 0 Å². The third-order valence-electron chi connectivity index (χ3n) is 1.95. The molecule has 0 fully saturated rings. The molecule has 0 spiro atoms. The lowest BCUT2D eigenvalue weighted by atomic mass is 10.3. The minimum atomic E-state index is -4.23. The highest BCUT2D eigenvalue weighted by Crippen LogP contribution is 2.18. The fraction of sp³-hybridized carbons (Fsp3) is 0.125. The Bertz CT molecular complexity index is 550. The maximum Gasteiger partial charge on any atom is 0.336 e. The van der Waals surface area contributed by atoms with E-state index in [4.69, 9.17) is 10.8 Å². The zero-order valence-corrected chi connectivity index (χ0v) is 9.12. The number of nitrogens with zero attached hydrogens (tertiary/aromatic N) is 1. The first-order valence-electron chi connectivity index (χ1n) is 4.23. The number of rotatable bonds is 4. The van der Waals surface area contributed by atoms with E-state index in [1.54, 1.807) is 0 Å². The summed E-state index contributed by atoms with van der Waals surface area (Å²) in [5.74, 6) is -1.69. The van der Waals surface area contributed by atoms with Gasteiger partial charge in [-0.25, -0.2) is 13.2 Å². The lowest BCUT2D eigenvalue weighted by Crippen LogP contribution is -2.38. The van der Waals surface area contributed by atoms with Gasteiger partial charge in [-0.15, -0.1) is 0 Å². The molecule has 0 saturated carbocycles. The van der Waals surface area contributed by atoms with Crippen LogP contribution < -0.4 is 5.73 Å². The lowest BCUT2D eigenvalue weighted by Gasteiger charge is -2.07. The highest BCUT2D eigenvalue weighted by Gasteiger charge is 2.30. The number of carboxylic acids is 1. The van der Waals surface area contributed by atoms with E-state index in [9.17, 15) is 23.3 Å². The molecule has 0 aliphatic heterocycles. The fourth-order valence-electron chi connectivity index (χ4n) is 1.04. The SMILES string of the molecule is NC(C(=O)O)S(=O)(=O)c1ccc([N+](=O)[O-])cc1. The third kappa shape index (κ3) is 2.57.